The van der Waals surface area contributed by atoms with Crippen molar-refractivity contribution in [3.8, 4) is 5.75 Å². The van der Waals surface area contributed by atoms with E-state index < -0.39 is 0 Å². The molecule has 0 heterocycles. The Morgan fingerprint density at radius 1 is 1.41 bits per heavy atom. The van der Waals surface area contributed by atoms with Gasteiger partial charge in [-0.2, -0.15) is 0 Å². The van der Waals surface area contributed by atoms with Crippen LogP contribution in [0, 0.1) is 0 Å². The number of nitrogens with zero attached hydrogens (tertiary/aromatic N) is 1. The summed E-state index contributed by atoms with van der Waals surface area (Å²) < 4.78 is 0.786. The van der Waals surface area contributed by atoms with Crippen LogP contribution in [0.15, 0.2) is 22.7 Å². The van der Waals surface area contributed by atoms with Crippen molar-refractivity contribution >= 4 is 37.8 Å². The largest absolute Gasteiger partial charge is 0.507 e. The highest BCUT2D eigenvalue weighted by atomic mass is 79.9. The number of hydrogen-bond acceptors (Lipinski definition) is 2. The SMILES string of the molecule is CCCN(CCBr)C(=O)c1cc(Br)ccc1O. The molecule has 0 aliphatic carbocycles. The summed E-state index contributed by atoms with van der Waals surface area (Å²) in [6, 6.07) is 4.88. The van der Waals surface area contributed by atoms with E-state index in [2.05, 4.69) is 31.9 Å². The van der Waals surface area contributed by atoms with Gasteiger partial charge in [0.1, 0.15) is 5.75 Å². The van der Waals surface area contributed by atoms with Crippen molar-refractivity contribution in [2.24, 2.45) is 0 Å². The van der Waals surface area contributed by atoms with Gasteiger partial charge in [-0.15, -0.1) is 0 Å². The van der Waals surface area contributed by atoms with Crippen molar-refractivity contribution in [3.05, 3.63) is 28.2 Å². The number of phenolic OH excluding ortho intramolecular Hbond substituents is 1. The molecule has 0 atom stereocenters. The fourth-order valence-corrected chi connectivity index (χ4v) is 2.33. The minimum atomic E-state index is -0.134. The van der Waals surface area contributed by atoms with Crippen molar-refractivity contribution in [3.63, 3.8) is 0 Å². The Bertz CT molecular complexity index is 390. The van der Waals surface area contributed by atoms with Crippen LogP contribution in [0.3, 0.4) is 0 Å². The highest BCUT2D eigenvalue weighted by Gasteiger charge is 2.18. The Kier molecular flexibility index (Phi) is 5.98. The van der Waals surface area contributed by atoms with Gasteiger partial charge in [-0.05, 0) is 24.6 Å². The van der Waals surface area contributed by atoms with Crippen molar-refractivity contribution in [2.75, 3.05) is 18.4 Å². The third-order valence-electron chi connectivity index (χ3n) is 2.32. The molecule has 17 heavy (non-hydrogen) atoms. The van der Waals surface area contributed by atoms with Gasteiger partial charge in [0.25, 0.3) is 5.91 Å². The van der Waals surface area contributed by atoms with Crippen LogP contribution in [0.25, 0.3) is 0 Å². The lowest BCUT2D eigenvalue weighted by molar-refractivity contribution is 0.0763. The van der Waals surface area contributed by atoms with Gasteiger partial charge in [-0.25, -0.2) is 0 Å². The molecular weight excluding hydrogens is 350 g/mol. The van der Waals surface area contributed by atoms with Gasteiger partial charge in [-0.1, -0.05) is 38.8 Å². The summed E-state index contributed by atoms with van der Waals surface area (Å²) in [5.74, 6) is -0.112. The second-order valence-electron chi connectivity index (χ2n) is 3.64. The zero-order chi connectivity index (χ0) is 12.8. The lowest BCUT2D eigenvalue weighted by Gasteiger charge is -2.21. The summed E-state index contributed by atoms with van der Waals surface area (Å²) in [4.78, 5) is 14.0. The van der Waals surface area contributed by atoms with E-state index >= 15 is 0 Å². The van der Waals surface area contributed by atoms with Crippen molar-refractivity contribution in [2.45, 2.75) is 13.3 Å². The third-order valence-corrected chi connectivity index (χ3v) is 3.17. The molecule has 1 aromatic rings. The molecule has 1 N–H and O–H groups in total. The highest BCUT2D eigenvalue weighted by Crippen LogP contribution is 2.23. The van der Waals surface area contributed by atoms with Gasteiger partial charge < -0.3 is 10.0 Å². The number of halogens is 2. The molecule has 1 rings (SSSR count). The van der Waals surface area contributed by atoms with Gasteiger partial charge in [0, 0.05) is 22.9 Å². The van der Waals surface area contributed by atoms with E-state index in [-0.39, 0.29) is 11.7 Å². The van der Waals surface area contributed by atoms with Crippen LogP contribution in [0.2, 0.25) is 0 Å². The Morgan fingerprint density at radius 2 is 2.12 bits per heavy atom. The first-order valence-electron chi connectivity index (χ1n) is 5.44. The van der Waals surface area contributed by atoms with E-state index in [1.54, 1.807) is 17.0 Å². The maximum Gasteiger partial charge on any atom is 0.257 e. The normalized spacial score (nSPS) is 10.3. The maximum atomic E-state index is 12.2. The van der Waals surface area contributed by atoms with Crippen molar-refractivity contribution in [1.82, 2.24) is 4.90 Å². The molecule has 5 heteroatoms. The van der Waals surface area contributed by atoms with E-state index in [0.717, 1.165) is 16.2 Å². The third kappa shape index (κ3) is 4.00. The van der Waals surface area contributed by atoms with Gasteiger partial charge in [0.2, 0.25) is 0 Å². The van der Waals surface area contributed by atoms with Crippen LogP contribution in [0.5, 0.6) is 5.75 Å². The van der Waals surface area contributed by atoms with Crippen LogP contribution in [0.1, 0.15) is 23.7 Å². The molecule has 1 amide bonds. The molecular formula is C12H15Br2NO2. The number of amides is 1. The first-order chi connectivity index (χ1) is 8.10. The summed E-state index contributed by atoms with van der Waals surface area (Å²) in [6.45, 7) is 3.35. The van der Waals surface area contributed by atoms with Crippen LogP contribution < -0.4 is 0 Å². The summed E-state index contributed by atoms with van der Waals surface area (Å²) >= 11 is 6.63. The molecule has 0 fully saturated rings. The predicted octanol–water partition coefficient (Wildman–Crippen LogP) is 3.40. The van der Waals surface area contributed by atoms with Crippen molar-refractivity contribution in [1.29, 1.82) is 0 Å². The number of hydrogen-bond donors (Lipinski definition) is 1. The van der Waals surface area contributed by atoms with Gasteiger partial charge in [0.15, 0.2) is 0 Å². The molecule has 0 bridgehead atoms. The van der Waals surface area contributed by atoms with E-state index in [4.69, 9.17) is 0 Å². The molecule has 0 radical (unpaired) electrons. The zero-order valence-electron chi connectivity index (χ0n) is 9.62. The standard InChI is InChI=1S/C12H15Br2NO2/c1-2-6-15(7-5-13)12(17)10-8-9(14)3-4-11(10)16/h3-4,8,16H,2,5-7H2,1H3. The Balaban J connectivity index is 2.95. The first kappa shape index (κ1) is 14.5. The van der Waals surface area contributed by atoms with Crippen LogP contribution in [-0.2, 0) is 0 Å². The minimum Gasteiger partial charge on any atom is -0.507 e. The minimum absolute atomic E-state index is 0.0221. The lowest BCUT2D eigenvalue weighted by Crippen LogP contribution is -2.33. The number of aromatic hydroxyl groups is 1. The zero-order valence-corrected chi connectivity index (χ0v) is 12.8. The van der Waals surface area contributed by atoms with Gasteiger partial charge >= 0.3 is 0 Å². The second-order valence-corrected chi connectivity index (χ2v) is 5.35. The predicted molar refractivity (Wildman–Crippen MR) is 75.8 cm³/mol. The Morgan fingerprint density at radius 3 is 2.71 bits per heavy atom. The first-order valence-corrected chi connectivity index (χ1v) is 7.35. The maximum absolute atomic E-state index is 12.2. The summed E-state index contributed by atoms with van der Waals surface area (Å²) in [5, 5.41) is 10.4. The van der Waals surface area contributed by atoms with Crippen LogP contribution >= 0.6 is 31.9 Å². The Labute approximate surface area is 118 Å². The average molecular weight is 365 g/mol. The molecule has 0 spiro atoms. The number of benzene rings is 1. The highest BCUT2D eigenvalue weighted by molar-refractivity contribution is 9.10. The number of rotatable bonds is 5. The Hall–Kier alpha value is -0.550. The number of alkyl halides is 1. The topological polar surface area (TPSA) is 40.5 Å². The molecule has 0 saturated carbocycles. The summed E-state index contributed by atoms with van der Waals surface area (Å²) in [5.41, 5.74) is 0.341. The monoisotopic (exact) mass is 363 g/mol. The molecule has 0 aliphatic heterocycles. The molecule has 0 saturated heterocycles. The lowest BCUT2D eigenvalue weighted by atomic mass is 10.1. The van der Waals surface area contributed by atoms with Crippen LogP contribution in [-0.4, -0.2) is 34.3 Å². The molecule has 0 aliphatic rings. The van der Waals surface area contributed by atoms with E-state index in [0.29, 0.717) is 18.7 Å². The summed E-state index contributed by atoms with van der Waals surface area (Å²) in [7, 11) is 0. The van der Waals surface area contributed by atoms with Crippen molar-refractivity contribution < 1.29 is 9.90 Å². The number of carbonyl (C=O) groups is 1. The second kappa shape index (κ2) is 7.01. The number of carbonyl (C=O) groups excluding carboxylic acids is 1. The van der Waals surface area contributed by atoms with E-state index in [1.165, 1.54) is 6.07 Å². The van der Waals surface area contributed by atoms with Gasteiger partial charge in [0.05, 0.1) is 5.56 Å². The van der Waals surface area contributed by atoms with E-state index in [9.17, 15) is 9.90 Å². The van der Waals surface area contributed by atoms with Gasteiger partial charge in [-0.3, -0.25) is 4.79 Å². The molecule has 1 aromatic carbocycles. The smallest absolute Gasteiger partial charge is 0.257 e. The fraction of sp³-hybridized carbons (Fsp3) is 0.417. The number of phenols is 1. The molecule has 0 unspecified atom stereocenters. The quantitative estimate of drug-likeness (QED) is 0.813. The molecule has 3 nitrogen and oxygen atoms in total. The average Bonchev–Trinajstić information content (AvgIpc) is 2.31. The molecule has 94 valence electrons. The van der Waals surface area contributed by atoms with E-state index in [1.807, 2.05) is 6.92 Å². The fourth-order valence-electron chi connectivity index (χ4n) is 1.54. The van der Waals surface area contributed by atoms with Crippen LogP contribution in [0.4, 0.5) is 0 Å². The summed E-state index contributed by atoms with van der Waals surface area (Å²) in [6.07, 6.45) is 0.896. The molecule has 0 aromatic heterocycles.